The van der Waals surface area contributed by atoms with E-state index in [1.54, 1.807) is 42.7 Å². The first-order chi connectivity index (χ1) is 18.9. The molecule has 0 fully saturated rings. The Kier molecular flexibility index (Phi) is 6.16. The summed E-state index contributed by atoms with van der Waals surface area (Å²) in [6, 6.07) is 22.2. The molecule has 4 aromatic carbocycles. The zero-order valence-corrected chi connectivity index (χ0v) is 20.4. The molecular weight excluding hydrogens is 500 g/mol. The summed E-state index contributed by atoms with van der Waals surface area (Å²) in [5, 5.41) is 3.36. The van der Waals surface area contributed by atoms with Crippen molar-refractivity contribution in [1.29, 1.82) is 0 Å². The van der Waals surface area contributed by atoms with Crippen LogP contribution < -0.4 is 5.32 Å². The summed E-state index contributed by atoms with van der Waals surface area (Å²) in [5.41, 5.74) is 4.86. The first kappa shape index (κ1) is 24.2. The van der Waals surface area contributed by atoms with E-state index in [1.165, 1.54) is 0 Å². The summed E-state index contributed by atoms with van der Waals surface area (Å²) in [5.74, 6) is -4.42. The normalized spacial score (nSPS) is 12.1. The highest BCUT2D eigenvalue weighted by Crippen LogP contribution is 2.28. The van der Waals surface area contributed by atoms with Crippen molar-refractivity contribution in [3.8, 4) is 0 Å². The smallest absolute Gasteiger partial charge is 0.181 e. The van der Waals surface area contributed by atoms with Crippen LogP contribution in [0.25, 0.3) is 22.1 Å². The van der Waals surface area contributed by atoms with Crippen LogP contribution in [0.15, 0.2) is 91.3 Å². The summed E-state index contributed by atoms with van der Waals surface area (Å²) in [7, 11) is 0. The van der Waals surface area contributed by atoms with Crippen molar-refractivity contribution in [3.63, 3.8) is 0 Å². The largest absolute Gasteiger partial charge is 0.381 e. The van der Waals surface area contributed by atoms with Crippen LogP contribution in [0.2, 0.25) is 0 Å². The number of aromatic amines is 2. The number of imidazole rings is 2. The lowest BCUT2D eigenvalue weighted by Crippen LogP contribution is -2.24. The minimum atomic E-state index is -1.42. The molecule has 7 nitrogen and oxygen atoms in total. The van der Waals surface area contributed by atoms with E-state index in [-0.39, 0.29) is 17.0 Å². The molecule has 6 rings (SSSR count). The number of fused-ring (bicyclic) bond motifs is 2. The number of Topliss-reactive ketones (excluding diaryl/α,β-unsaturated/α-hetero) is 2. The van der Waals surface area contributed by atoms with Crippen molar-refractivity contribution >= 4 is 39.3 Å². The molecule has 192 valence electrons. The van der Waals surface area contributed by atoms with Gasteiger partial charge in [-0.3, -0.25) is 9.59 Å². The Morgan fingerprint density at radius 2 is 1.54 bits per heavy atom. The Hall–Kier alpha value is -5.18. The number of anilines is 1. The lowest BCUT2D eigenvalue weighted by atomic mass is 9.89. The number of aromatic nitrogens is 4. The molecule has 1 unspecified atom stereocenters. The van der Waals surface area contributed by atoms with Crippen molar-refractivity contribution in [2.45, 2.75) is 12.5 Å². The highest BCUT2D eigenvalue weighted by Gasteiger charge is 2.33. The Morgan fingerprint density at radius 1 is 0.795 bits per heavy atom. The fourth-order valence-corrected chi connectivity index (χ4v) is 4.57. The molecule has 6 aromatic rings. The van der Waals surface area contributed by atoms with E-state index in [1.807, 2.05) is 30.3 Å². The van der Waals surface area contributed by atoms with Gasteiger partial charge in [0.15, 0.2) is 11.6 Å². The predicted octanol–water partition coefficient (Wildman–Crippen LogP) is 6.18. The summed E-state index contributed by atoms with van der Waals surface area (Å²) in [6.07, 6.45) is 1.65. The van der Waals surface area contributed by atoms with Crippen molar-refractivity contribution in [1.82, 2.24) is 19.9 Å². The molecule has 1 atom stereocenters. The quantitative estimate of drug-likeness (QED) is 0.164. The van der Waals surface area contributed by atoms with Gasteiger partial charge in [-0.2, -0.15) is 0 Å². The third-order valence-corrected chi connectivity index (χ3v) is 6.48. The number of hydrogen-bond acceptors (Lipinski definition) is 5. The second-order valence-electron chi connectivity index (χ2n) is 9.15. The summed E-state index contributed by atoms with van der Waals surface area (Å²) in [6.45, 7) is 0.556. The molecule has 0 aliphatic rings. The zero-order chi connectivity index (χ0) is 26.9. The fourth-order valence-electron chi connectivity index (χ4n) is 4.57. The molecule has 0 radical (unpaired) electrons. The Bertz CT molecular complexity index is 1820. The first-order valence-corrected chi connectivity index (χ1v) is 12.2. The van der Waals surface area contributed by atoms with E-state index in [2.05, 4.69) is 25.3 Å². The van der Waals surface area contributed by atoms with Gasteiger partial charge in [0.2, 0.25) is 0 Å². The molecule has 3 N–H and O–H groups in total. The lowest BCUT2D eigenvalue weighted by molar-refractivity contribution is 0.0855. The van der Waals surface area contributed by atoms with Gasteiger partial charge in [-0.1, -0.05) is 36.4 Å². The van der Waals surface area contributed by atoms with Crippen molar-refractivity contribution in [3.05, 3.63) is 125 Å². The average Bonchev–Trinajstić information content (AvgIpc) is 3.58. The van der Waals surface area contributed by atoms with Crippen LogP contribution in [-0.2, 0) is 6.54 Å². The van der Waals surface area contributed by atoms with Crippen molar-refractivity contribution < 1.29 is 18.4 Å². The maximum Gasteiger partial charge on any atom is 0.181 e. The number of rotatable bonds is 8. The Morgan fingerprint density at radius 3 is 2.33 bits per heavy atom. The Labute approximate surface area is 220 Å². The van der Waals surface area contributed by atoms with E-state index < -0.39 is 29.1 Å². The van der Waals surface area contributed by atoms with Crippen LogP contribution in [0, 0.1) is 11.6 Å². The molecule has 0 aliphatic heterocycles. The van der Waals surface area contributed by atoms with Gasteiger partial charge in [-0.05, 0) is 48.0 Å². The molecule has 2 aromatic heterocycles. The molecule has 9 heteroatoms. The van der Waals surface area contributed by atoms with Gasteiger partial charge >= 0.3 is 0 Å². The minimum absolute atomic E-state index is 0.0929. The number of halogens is 2. The molecule has 0 amide bonds. The first-order valence-electron chi connectivity index (χ1n) is 12.2. The zero-order valence-electron chi connectivity index (χ0n) is 20.4. The van der Waals surface area contributed by atoms with Gasteiger partial charge in [-0.15, -0.1) is 0 Å². The van der Waals surface area contributed by atoms with Gasteiger partial charge in [0.25, 0.3) is 0 Å². The van der Waals surface area contributed by atoms with Crippen LogP contribution in [0.3, 0.4) is 0 Å². The van der Waals surface area contributed by atoms with E-state index in [9.17, 15) is 18.4 Å². The van der Waals surface area contributed by atoms with Gasteiger partial charge < -0.3 is 15.3 Å². The summed E-state index contributed by atoms with van der Waals surface area (Å²) < 4.78 is 27.9. The van der Waals surface area contributed by atoms with Crippen LogP contribution in [0.4, 0.5) is 14.5 Å². The number of benzene rings is 4. The molecular formula is C30H21F2N5O2. The number of H-pyrrole nitrogens is 2. The third-order valence-electron chi connectivity index (χ3n) is 6.48. The highest BCUT2D eigenvalue weighted by atomic mass is 19.1. The fraction of sp³-hybridized carbons (Fsp3) is 0.0667. The average molecular weight is 522 g/mol. The van der Waals surface area contributed by atoms with Crippen molar-refractivity contribution in [2.75, 3.05) is 5.32 Å². The minimum Gasteiger partial charge on any atom is -0.381 e. The SMILES string of the molecule is O=C(c1ccccc1)C(C(=O)c1cc(F)cc(F)c1)c1nc2ccc(NCc3ccc4nc[nH]c4c3)cc2[nH]1. The van der Waals surface area contributed by atoms with Crippen molar-refractivity contribution in [2.24, 2.45) is 0 Å². The standard InChI is InChI=1S/C30H21F2N5O2/c31-20-11-19(12-21(32)13-20)29(39)27(28(38)18-4-2-1-3-5-18)30-36-24-9-7-22(14-26(24)37-30)33-15-17-6-8-23-25(10-17)35-16-34-23/h1-14,16,27,33H,15H2,(H,34,35)(H,36,37). The highest BCUT2D eigenvalue weighted by molar-refractivity contribution is 6.19. The van der Waals surface area contributed by atoms with Crippen LogP contribution in [0.5, 0.6) is 0 Å². The predicted molar refractivity (Wildman–Crippen MR) is 144 cm³/mol. The number of carbonyl (C=O) groups is 2. The maximum absolute atomic E-state index is 13.9. The second-order valence-corrected chi connectivity index (χ2v) is 9.15. The second kappa shape index (κ2) is 9.94. The van der Waals surface area contributed by atoms with Gasteiger partial charge in [0.05, 0.1) is 28.4 Å². The number of ketones is 2. The van der Waals surface area contributed by atoms with Gasteiger partial charge in [0, 0.05) is 29.4 Å². The number of nitrogens with one attached hydrogen (secondary N) is 3. The number of carbonyl (C=O) groups excluding carboxylic acids is 2. The van der Waals surface area contributed by atoms with E-state index in [0.29, 0.717) is 23.6 Å². The molecule has 0 spiro atoms. The number of nitrogens with zero attached hydrogens (tertiary/aromatic N) is 2. The molecule has 0 bridgehead atoms. The van der Waals surface area contributed by atoms with Crippen LogP contribution in [-0.4, -0.2) is 31.5 Å². The lowest BCUT2D eigenvalue weighted by Gasteiger charge is -2.13. The van der Waals surface area contributed by atoms with E-state index >= 15 is 0 Å². The molecule has 2 heterocycles. The topological polar surface area (TPSA) is 104 Å². The summed E-state index contributed by atoms with van der Waals surface area (Å²) in [4.78, 5) is 42.0. The molecule has 0 saturated carbocycles. The van der Waals surface area contributed by atoms with Gasteiger partial charge in [0.1, 0.15) is 23.4 Å². The molecule has 0 aliphatic carbocycles. The Balaban J connectivity index is 1.32. The van der Waals surface area contributed by atoms with Gasteiger partial charge in [-0.25, -0.2) is 18.7 Å². The van der Waals surface area contributed by atoms with E-state index in [4.69, 9.17) is 0 Å². The summed E-state index contributed by atoms with van der Waals surface area (Å²) >= 11 is 0. The number of hydrogen-bond donors (Lipinski definition) is 3. The molecule has 0 saturated heterocycles. The van der Waals surface area contributed by atoms with Crippen LogP contribution >= 0.6 is 0 Å². The third kappa shape index (κ3) is 4.89. The maximum atomic E-state index is 13.9. The monoisotopic (exact) mass is 521 g/mol. The molecule has 39 heavy (non-hydrogen) atoms. The van der Waals surface area contributed by atoms with E-state index in [0.717, 1.165) is 34.4 Å². The van der Waals surface area contributed by atoms with Crippen LogP contribution in [0.1, 0.15) is 38.0 Å².